The maximum atomic E-state index is 11.7. The summed E-state index contributed by atoms with van der Waals surface area (Å²) < 4.78 is 0. The number of amides is 2. The molecule has 0 aliphatic heterocycles. The zero-order chi connectivity index (χ0) is 11.4. The summed E-state index contributed by atoms with van der Waals surface area (Å²) in [5, 5.41) is 2.51. The first-order chi connectivity index (χ1) is 7.00. The van der Waals surface area contributed by atoms with Crippen molar-refractivity contribution >= 4 is 11.8 Å². The van der Waals surface area contributed by atoms with Gasteiger partial charge in [0.05, 0.1) is 12.5 Å². The summed E-state index contributed by atoms with van der Waals surface area (Å²) in [6.07, 6.45) is 2.74. The van der Waals surface area contributed by atoms with E-state index in [1.165, 1.54) is 0 Å². The van der Waals surface area contributed by atoms with Gasteiger partial charge in [-0.05, 0) is 25.2 Å². The molecule has 5 nitrogen and oxygen atoms in total. The maximum Gasteiger partial charge on any atom is 0.236 e. The highest BCUT2D eigenvalue weighted by Crippen LogP contribution is 2.27. The Hall–Kier alpha value is -1.10. The average Bonchev–Trinajstić information content (AvgIpc) is 2.18. The molecule has 1 saturated carbocycles. The molecule has 0 spiro atoms. The third-order valence-electron chi connectivity index (χ3n) is 2.94. The van der Waals surface area contributed by atoms with Gasteiger partial charge in [-0.25, -0.2) is 0 Å². The Morgan fingerprint density at radius 2 is 2.07 bits per heavy atom. The van der Waals surface area contributed by atoms with Crippen LogP contribution in [-0.2, 0) is 9.59 Å². The van der Waals surface area contributed by atoms with Crippen molar-refractivity contribution < 1.29 is 9.59 Å². The molecule has 3 unspecified atom stereocenters. The topological polar surface area (TPSA) is 98.2 Å². The van der Waals surface area contributed by atoms with Crippen molar-refractivity contribution in [1.29, 1.82) is 0 Å². The highest BCUT2D eigenvalue weighted by atomic mass is 16.2. The Labute approximate surface area is 89.6 Å². The van der Waals surface area contributed by atoms with Crippen LogP contribution >= 0.6 is 0 Å². The van der Waals surface area contributed by atoms with E-state index in [4.69, 9.17) is 11.5 Å². The molecule has 0 saturated heterocycles. The van der Waals surface area contributed by atoms with Crippen molar-refractivity contribution in [2.75, 3.05) is 6.54 Å². The van der Waals surface area contributed by atoms with Gasteiger partial charge in [0.2, 0.25) is 11.8 Å². The van der Waals surface area contributed by atoms with Crippen LogP contribution in [0.1, 0.15) is 26.2 Å². The summed E-state index contributed by atoms with van der Waals surface area (Å²) >= 11 is 0. The number of nitrogens with one attached hydrogen (secondary N) is 1. The molecule has 1 aliphatic carbocycles. The molecule has 1 rings (SSSR count). The van der Waals surface area contributed by atoms with E-state index >= 15 is 0 Å². The number of hydrogen-bond acceptors (Lipinski definition) is 3. The minimum Gasteiger partial charge on any atom is -0.368 e. The average molecular weight is 213 g/mol. The van der Waals surface area contributed by atoms with E-state index in [0.29, 0.717) is 5.92 Å². The standard InChI is InChI=1S/C10H19N3O2/c1-6-2-3-8(11)7(4-6)10(15)13-5-9(12)14/h6-8H,2-5,11H2,1H3,(H2,12,14)(H,13,15). The minimum absolute atomic E-state index is 0.0888. The van der Waals surface area contributed by atoms with Crippen molar-refractivity contribution in [1.82, 2.24) is 5.32 Å². The molecule has 0 radical (unpaired) electrons. The Balaban J connectivity index is 2.45. The molecule has 15 heavy (non-hydrogen) atoms. The van der Waals surface area contributed by atoms with Crippen LogP contribution in [-0.4, -0.2) is 24.4 Å². The molecule has 0 aromatic carbocycles. The van der Waals surface area contributed by atoms with Gasteiger partial charge in [0, 0.05) is 6.04 Å². The highest BCUT2D eigenvalue weighted by molar-refractivity contribution is 5.85. The lowest BCUT2D eigenvalue weighted by atomic mass is 9.79. The van der Waals surface area contributed by atoms with Crippen LogP contribution < -0.4 is 16.8 Å². The van der Waals surface area contributed by atoms with Gasteiger partial charge in [0.25, 0.3) is 0 Å². The van der Waals surface area contributed by atoms with Gasteiger partial charge in [0.15, 0.2) is 0 Å². The molecule has 1 fully saturated rings. The Morgan fingerprint density at radius 3 is 2.67 bits per heavy atom. The molecule has 0 aromatic rings. The van der Waals surface area contributed by atoms with E-state index in [1.807, 2.05) is 0 Å². The number of primary amides is 1. The molecule has 5 heteroatoms. The first kappa shape index (κ1) is 12.0. The lowest BCUT2D eigenvalue weighted by Crippen LogP contribution is -2.46. The van der Waals surface area contributed by atoms with E-state index in [9.17, 15) is 9.59 Å². The number of nitrogens with two attached hydrogens (primary N) is 2. The molecule has 0 aromatic heterocycles. The van der Waals surface area contributed by atoms with Crippen molar-refractivity contribution in [3.8, 4) is 0 Å². The zero-order valence-corrected chi connectivity index (χ0v) is 9.03. The van der Waals surface area contributed by atoms with Crippen LogP contribution in [0.15, 0.2) is 0 Å². The van der Waals surface area contributed by atoms with E-state index in [0.717, 1.165) is 19.3 Å². The van der Waals surface area contributed by atoms with Gasteiger partial charge in [-0.2, -0.15) is 0 Å². The minimum atomic E-state index is -0.527. The van der Waals surface area contributed by atoms with Gasteiger partial charge < -0.3 is 16.8 Å². The second-order valence-electron chi connectivity index (χ2n) is 4.37. The second-order valence-corrected chi connectivity index (χ2v) is 4.37. The van der Waals surface area contributed by atoms with E-state index in [2.05, 4.69) is 12.2 Å². The van der Waals surface area contributed by atoms with Crippen LogP contribution in [0.25, 0.3) is 0 Å². The molecule has 0 bridgehead atoms. The Morgan fingerprint density at radius 1 is 1.40 bits per heavy atom. The van der Waals surface area contributed by atoms with Crippen LogP contribution in [0.3, 0.4) is 0 Å². The fraction of sp³-hybridized carbons (Fsp3) is 0.800. The predicted molar refractivity (Wildman–Crippen MR) is 56.7 cm³/mol. The van der Waals surface area contributed by atoms with Crippen LogP contribution in [0, 0.1) is 11.8 Å². The van der Waals surface area contributed by atoms with Crippen molar-refractivity contribution in [3.63, 3.8) is 0 Å². The largest absolute Gasteiger partial charge is 0.368 e. The monoisotopic (exact) mass is 213 g/mol. The maximum absolute atomic E-state index is 11.7. The van der Waals surface area contributed by atoms with Crippen molar-refractivity contribution in [2.45, 2.75) is 32.2 Å². The number of rotatable bonds is 3. The predicted octanol–water partition coefficient (Wildman–Crippen LogP) is -0.649. The lowest BCUT2D eigenvalue weighted by molar-refractivity contribution is -0.129. The fourth-order valence-corrected chi connectivity index (χ4v) is 2.01. The smallest absolute Gasteiger partial charge is 0.236 e. The number of hydrogen-bond donors (Lipinski definition) is 3. The van der Waals surface area contributed by atoms with Crippen LogP contribution in [0.2, 0.25) is 0 Å². The second kappa shape index (κ2) is 5.11. The van der Waals surface area contributed by atoms with Crippen LogP contribution in [0.4, 0.5) is 0 Å². The van der Waals surface area contributed by atoms with E-state index in [-0.39, 0.29) is 24.4 Å². The first-order valence-corrected chi connectivity index (χ1v) is 5.32. The fourth-order valence-electron chi connectivity index (χ4n) is 2.01. The molecule has 3 atom stereocenters. The summed E-state index contributed by atoms with van der Waals surface area (Å²) in [5.41, 5.74) is 10.8. The molecule has 2 amide bonds. The van der Waals surface area contributed by atoms with Gasteiger partial charge >= 0.3 is 0 Å². The summed E-state index contributed by atoms with van der Waals surface area (Å²) in [5.74, 6) is -0.323. The molecule has 5 N–H and O–H groups in total. The SMILES string of the molecule is CC1CCC(N)C(C(=O)NCC(N)=O)C1. The molecular formula is C10H19N3O2. The normalized spacial score (nSPS) is 30.9. The molecule has 86 valence electrons. The van der Waals surface area contributed by atoms with Gasteiger partial charge in [-0.3, -0.25) is 9.59 Å². The Bertz CT molecular complexity index is 255. The summed E-state index contributed by atoms with van der Waals surface area (Å²) in [7, 11) is 0. The molecule has 0 heterocycles. The van der Waals surface area contributed by atoms with Crippen molar-refractivity contribution in [3.05, 3.63) is 0 Å². The lowest BCUT2D eigenvalue weighted by Gasteiger charge is -2.31. The van der Waals surface area contributed by atoms with E-state index in [1.54, 1.807) is 0 Å². The van der Waals surface area contributed by atoms with Crippen molar-refractivity contribution in [2.24, 2.45) is 23.3 Å². The molecule has 1 aliphatic rings. The quantitative estimate of drug-likeness (QED) is 0.581. The zero-order valence-electron chi connectivity index (χ0n) is 9.03. The Kier molecular flexibility index (Phi) is 4.08. The number of carbonyl (C=O) groups is 2. The van der Waals surface area contributed by atoms with E-state index < -0.39 is 5.91 Å². The van der Waals surface area contributed by atoms with Gasteiger partial charge in [-0.15, -0.1) is 0 Å². The third kappa shape index (κ3) is 3.51. The number of carbonyl (C=O) groups excluding carboxylic acids is 2. The first-order valence-electron chi connectivity index (χ1n) is 5.32. The third-order valence-corrected chi connectivity index (χ3v) is 2.94. The summed E-state index contributed by atoms with van der Waals surface area (Å²) in [6.45, 7) is 2.01. The molecular weight excluding hydrogens is 194 g/mol. The van der Waals surface area contributed by atoms with Crippen LogP contribution in [0.5, 0.6) is 0 Å². The summed E-state index contributed by atoms with van der Waals surface area (Å²) in [6, 6.07) is -0.0888. The van der Waals surface area contributed by atoms with Gasteiger partial charge in [-0.1, -0.05) is 6.92 Å². The highest BCUT2D eigenvalue weighted by Gasteiger charge is 2.31. The summed E-state index contributed by atoms with van der Waals surface area (Å²) in [4.78, 5) is 22.2. The van der Waals surface area contributed by atoms with Gasteiger partial charge in [0.1, 0.15) is 0 Å².